The molecule has 11 atom stereocenters. The fraction of sp³-hybridized carbons (Fsp3) is 0.714. The van der Waals surface area contributed by atoms with E-state index in [-0.39, 0.29) is 24.9 Å². The lowest BCUT2D eigenvalue weighted by Crippen LogP contribution is -2.80. The SMILES string of the molecule is COC(=O)[C@@]12OC[C@]34[C@H]([C@@H](O)[C@@H]1O)[C@@]1(C)C(=O)C(O)=C[C@@H](C)[C@@H]1C[C@H]3OC(=O)[C@H](OC(=O)/C=C(\C)C(C)C)[C@@H]24. The van der Waals surface area contributed by atoms with E-state index >= 15 is 0 Å². The van der Waals surface area contributed by atoms with Crippen molar-refractivity contribution < 1.29 is 53.4 Å². The van der Waals surface area contributed by atoms with E-state index in [1.54, 1.807) is 13.8 Å². The molecule has 0 aromatic rings. The van der Waals surface area contributed by atoms with Gasteiger partial charge in [-0.2, -0.15) is 0 Å². The third kappa shape index (κ3) is 3.32. The van der Waals surface area contributed by atoms with Crippen LogP contribution in [0.3, 0.4) is 0 Å². The van der Waals surface area contributed by atoms with Crippen LogP contribution in [-0.4, -0.2) is 82.7 Å². The summed E-state index contributed by atoms with van der Waals surface area (Å²) in [6.45, 7) is 8.65. The fourth-order valence-electron chi connectivity index (χ4n) is 8.35. The second-order valence-corrected chi connectivity index (χ2v) is 12.3. The topological polar surface area (TPSA) is 166 Å². The Labute approximate surface area is 226 Å². The molecule has 214 valence electrons. The summed E-state index contributed by atoms with van der Waals surface area (Å²) in [5.41, 5.74) is -4.42. The van der Waals surface area contributed by atoms with Crippen molar-refractivity contribution in [2.75, 3.05) is 13.7 Å². The van der Waals surface area contributed by atoms with Crippen LogP contribution < -0.4 is 0 Å². The van der Waals surface area contributed by atoms with E-state index in [1.807, 2.05) is 20.8 Å². The van der Waals surface area contributed by atoms with Gasteiger partial charge in [-0.3, -0.25) is 4.79 Å². The maximum atomic E-state index is 13.7. The van der Waals surface area contributed by atoms with Gasteiger partial charge in [-0.25, -0.2) is 14.4 Å². The van der Waals surface area contributed by atoms with Crippen LogP contribution in [0.15, 0.2) is 23.5 Å². The maximum absolute atomic E-state index is 13.7. The van der Waals surface area contributed by atoms with Crippen LogP contribution in [-0.2, 0) is 38.1 Å². The number of esters is 3. The minimum atomic E-state index is -2.27. The number of hydrogen-bond acceptors (Lipinski definition) is 11. The van der Waals surface area contributed by atoms with Crippen molar-refractivity contribution >= 4 is 23.7 Å². The zero-order chi connectivity index (χ0) is 28.8. The first-order chi connectivity index (χ1) is 18.2. The molecule has 11 heteroatoms. The summed E-state index contributed by atoms with van der Waals surface area (Å²) in [5, 5.41) is 33.8. The van der Waals surface area contributed by atoms with Crippen LogP contribution in [0.1, 0.15) is 41.0 Å². The number of ketones is 1. The predicted molar refractivity (Wildman–Crippen MR) is 132 cm³/mol. The first-order valence-corrected chi connectivity index (χ1v) is 13.3. The Bertz CT molecular complexity index is 1190. The minimum Gasteiger partial charge on any atom is -0.505 e. The van der Waals surface area contributed by atoms with Gasteiger partial charge < -0.3 is 34.3 Å². The molecule has 2 saturated heterocycles. The molecule has 5 rings (SSSR count). The van der Waals surface area contributed by atoms with Gasteiger partial charge in [-0.1, -0.05) is 33.3 Å². The summed E-state index contributed by atoms with van der Waals surface area (Å²) in [4.78, 5) is 53.5. The highest BCUT2D eigenvalue weighted by molar-refractivity contribution is 6.00. The molecule has 0 amide bonds. The highest BCUT2D eigenvalue weighted by atomic mass is 16.6. The van der Waals surface area contributed by atoms with Crippen molar-refractivity contribution in [2.24, 2.45) is 40.4 Å². The molecule has 3 aliphatic carbocycles. The number of allylic oxidation sites excluding steroid dienone is 3. The number of carbonyl (C=O) groups is 4. The number of fused-ring (bicyclic) bond motifs is 2. The highest BCUT2D eigenvalue weighted by Gasteiger charge is 2.85. The molecule has 0 radical (unpaired) electrons. The van der Waals surface area contributed by atoms with Gasteiger partial charge >= 0.3 is 17.9 Å². The molecule has 4 fully saturated rings. The highest BCUT2D eigenvalue weighted by Crippen LogP contribution is 2.72. The molecular formula is C28H36O11. The van der Waals surface area contributed by atoms with Crippen LogP contribution >= 0.6 is 0 Å². The van der Waals surface area contributed by atoms with Gasteiger partial charge in [0.2, 0.25) is 17.5 Å². The van der Waals surface area contributed by atoms with E-state index < -0.39 is 88.1 Å². The summed E-state index contributed by atoms with van der Waals surface area (Å²) in [7, 11) is 1.08. The number of ether oxygens (including phenoxy) is 4. The van der Waals surface area contributed by atoms with Crippen molar-refractivity contribution in [1.29, 1.82) is 0 Å². The summed E-state index contributed by atoms with van der Waals surface area (Å²) < 4.78 is 22.6. The number of aliphatic hydroxyl groups is 3. The number of hydrogen-bond donors (Lipinski definition) is 3. The summed E-state index contributed by atoms with van der Waals surface area (Å²) >= 11 is 0. The van der Waals surface area contributed by atoms with Gasteiger partial charge in [0, 0.05) is 22.8 Å². The van der Waals surface area contributed by atoms with Crippen molar-refractivity contribution in [2.45, 2.75) is 71.1 Å². The molecule has 2 heterocycles. The molecule has 39 heavy (non-hydrogen) atoms. The van der Waals surface area contributed by atoms with Gasteiger partial charge in [-0.15, -0.1) is 0 Å². The molecule has 2 aliphatic heterocycles. The van der Waals surface area contributed by atoms with E-state index in [9.17, 15) is 34.5 Å². The molecule has 3 N–H and O–H groups in total. The van der Waals surface area contributed by atoms with Crippen LogP contribution in [0.4, 0.5) is 0 Å². The molecule has 2 saturated carbocycles. The van der Waals surface area contributed by atoms with E-state index in [2.05, 4.69) is 0 Å². The molecule has 0 aromatic carbocycles. The van der Waals surface area contributed by atoms with Gasteiger partial charge in [0.1, 0.15) is 12.2 Å². The summed E-state index contributed by atoms with van der Waals surface area (Å²) in [5.74, 6) is -7.13. The lowest BCUT2D eigenvalue weighted by Gasteiger charge is -2.66. The van der Waals surface area contributed by atoms with Crippen molar-refractivity contribution in [3.8, 4) is 0 Å². The Morgan fingerprint density at radius 3 is 2.49 bits per heavy atom. The van der Waals surface area contributed by atoms with Crippen LogP contribution in [0.2, 0.25) is 0 Å². The Morgan fingerprint density at radius 2 is 1.87 bits per heavy atom. The number of methoxy groups -OCH3 is 1. The molecule has 0 aromatic heterocycles. The Balaban J connectivity index is 1.72. The lowest BCUT2D eigenvalue weighted by molar-refractivity contribution is -0.289. The maximum Gasteiger partial charge on any atom is 0.348 e. The van der Waals surface area contributed by atoms with Crippen LogP contribution in [0.25, 0.3) is 0 Å². The summed E-state index contributed by atoms with van der Waals surface area (Å²) in [6.07, 6.45) is -3.41. The number of rotatable bonds is 4. The van der Waals surface area contributed by atoms with Gasteiger partial charge in [0.05, 0.1) is 25.7 Å². The molecule has 5 aliphatic rings. The third-order valence-electron chi connectivity index (χ3n) is 10.3. The first-order valence-electron chi connectivity index (χ1n) is 13.3. The van der Waals surface area contributed by atoms with Crippen molar-refractivity contribution in [3.05, 3.63) is 23.5 Å². The summed E-state index contributed by atoms with van der Waals surface area (Å²) in [6, 6.07) is 0. The average molecular weight is 549 g/mol. The molecule has 11 nitrogen and oxygen atoms in total. The lowest BCUT2D eigenvalue weighted by atomic mass is 9.37. The second-order valence-electron chi connectivity index (χ2n) is 12.3. The van der Waals surface area contributed by atoms with Gasteiger partial charge in [-0.05, 0) is 37.2 Å². The number of Topliss-reactive ketones (excluding diaryl/α,β-unsaturated/α-hetero) is 1. The van der Waals surface area contributed by atoms with Gasteiger partial charge in [0.25, 0.3) is 0 Å². The quantitative estimate of drug-likeness (QED) is 0.261. The van der Waals surface area contributed by atoms with E-state index in [0.717, 1.165) is 7.11 Å². The number of aliphatic hydroxyl groups excluding tert-OH is 3. The Kier molecular flexibility index (Phi) is 6.32. The monoisotopic (exact) mass is 548 g/mol. The van der Waals surface area contributed by atoms with Crippen molar-refractivity contribution in [1.82, 2.24) is 0 Å². The van der Waals surface area contributed by atoms with E-state index in [0.29, 0.717) is 5.57 Å². The predicted octanol–water partition coefficient (Wildman–Crippen LogP) is 1.01. The van der Waals surface area contributed by atoms with E-state index in [4.69, 9.17) is 18.9 Å². The average Bonchev–Trinajstić information content (AvgIpc) is 3.18. The normalized spacial score (nSPS) is 46.6. The Morgan fingerprint density at radius 1 is 1.21 bits per heavy atom. The third-order valence-corrected chi connectivity index (χ3v) is 10.3. The van der Waals surface area contributed by atoms with Crippen LogP contribution in [0.5, 0.6) is 0 Å². The zero-order valence-electron chi connectivity index (χ0n) is 22.9. The largest absolute Gasteiger partial charge is 0.505 e. The van der Waals surface area contributed by atoms with Gasteiger partial charge in [0.15, 0.2) is 5.76 Å². The van der Waals surface area contributed by atoms with E-state index in [1.165, 1.54) is 12.2 Å². The molecular weight excluding hydrogens is 512 g/mol. The molecule has 2 bridgehead atoms. The Hall–Kier alpha value is -2.76. The fourth-order valence-corrected chi connectivity index (χ4v) is 8.35. The smallest absolute Gasteiger partial charge is 0.348 e. The minimum absolute atomic E-state index is 0.0195. The zero-order valence-corrected chi connectivity index (χ0v) is 22.9. The second kappa shape index (κ2) is 8.87. The number of carbonyl (C=O) groups excluding carboxylic acids is 4. The van der Waals surface area contributed by atoms with Crippen molar-refractivity contribution in [3.63, 3.8) is 0 Å². The standard InChI is InChI=1S/C28H36O11/c1-11(2)12(3)8-17(30)39-19-21-27-10-37-28(21,25(35)36-6)23(33)18(31)20(27)26(5)14(9-16(27)38-24(19)34)13(4)7-15(29)22(26)32/h7-8,11,13-14,16,18-21,23,29,31,33H,9-10H2,1-6H3/b12-8+/t13-,14+,16-,18-,19-,20-,21-,23+,26+,27-,28+/m1/s1. The van der Waals surface area contributed by atoms with Crippen LogP contribution in [0, 0.1) is 40.4 Å². The molecule has 0 unspecified atom stereocenters. The molecule has 1 spiro atoms. The first kappa shape index (κ1) is 27.8.